The summed E-state index contributed by atoms with van der Waals surface area (Å²) in [5.41, 5.74) is 7.60. The van der Waals surface area contributed by atoms with Crippen LogP contribution in [-0.2, 0) is 6.54 Å². The Morgan fingerprint density at radius 1 is 1.35 bits per heavy atom. The number of aromatic nitrogens is 4. The van der Waals surface area contributed by atoms with E-state index in [4.69, 9.17) is 10.3 Å². The number of aryl methyl sites for hydroxylation is 2. The minimum Gasteiger partial charge on any atom is -0.382 e. The summed E-state index contributed by atoms with van der Waals surface area (Å²) >= 11 is 2.88. The molecule has 3 aromatic heterocycles. The van der Waals surface area contributed by atoms with E-state index in [1.165, 1.54) is 11.5 Å². The largest absolute Gasteiger partial charge is 0.382 e. The fourth-order valence-corrected chi connectivity index (χ4v) is 3.04. The fourth-order valence-electron chi connectivity index (χ4n) is 1.72. The quantitative estimate of drug-likeness (QED) is 0.763. The first-order chi connectivity index (χ1) is 9.63. The van der Waals surface area contributed by atoms with Gasteiger partial charge in [-0.15, -0.1) is 11.3 Å². The number of hydrogen-bond donors (Lipinski definition) is 2. The Hall–Kier alpha value is -2.00. The molecule has 0 radical (unpaired) electrons. The van der Waals surface area contributed by atoms with Crippen molar-refractivity contribution >= 4 is 33.7 Å². The summed E-state index contributed by atoms with van der Waals surface area (Å²) in [5.74, 6) is 1.61. The van der Waals surface area contributed by atoms with Gasteiger partial charge in [-0.05, 0) is 18.5 Å². The number of hydrogen-bond acceptors (Lipinski definition) is 9. The molecule has 0 saturated heterocycles. The average molecular weight is 308 g/mol. The van der Waals surface area contributed by atoms with Crippen LogP contribution in [0.2, 0.25) is 0 Å². The van der Waals surface area contributed by atoms with E-state index in [1.807, 2.05) is 12.3 Å². The molecular weight excluding hydrogens is 296 g/mol. The monoisotopic (exact) mass is 308 g/mol. The Balaban J connectivity index is 1.83. The maximum absolute atomic E-state index is 5.93. The second-order valence-electron chi connectivity index (χ2n) is 4.11. The Bertz CT molecular complexity index is 731. The molecule has 0 aliphatic heterocycles. The zero-order valence-electron chi connectivity index (χ0n) is 10.9. The van der Waals surface area contributed by atoms with Gasteiger partial charge >= 0.3 is 0 Å². The lowest BCUT2D eigenvalue weighted by atomic mass is 10.2. The fraction of sp³-hybridized carbons (Fsp3) is 0.273. The van der Waals surface area contributed by atoms with Crippen molar-refractivity contribution in [2.75, 3.05) is 11.1 Å². The molecule has 0 aromatic carbocycles. The van der Waals surface area contributed by atoms with Gasteiger partial charge in [0.2, 0.25) is 5.89 Å². The van der Waals surface area contributed by atoms with E-state index in [9.17, 15) is 0 Å². The molecule has 7 nitrogen and oxygen atoms in total. The Morgan fingerprint density at radius 3 is 2.85 bits per heavy atom. The highest BCUT2D eigenvalue weighted by Crippen LogP contribution is 2.37. The second-order valence-corrected chi connectivity index (χ2v) is 5.94. The summed E-state index contributed by atoms with van der Waals surface area (Å²) in [4.78, 5) is 8.59. The number of anilines is 2. The lowest BCUT2D eigenvalue weighted by molar-refractivity contribution is 0.388. The van der Waals surface area contributed by atoms with Gasteiger partial charge in [-0.1, -0.05) is 5.16 Å². The number of nitrogens with one attached hydrogen (secondary N) is 1. The summed E-state index contributed by atoms with van der Waals surface area (Å²) in [6, 6.07) is 0. The molecular formula is C11H12N6OS2. The van der Waals surface area contributed by atoms with E-state index in [1.54, 1.807) is 18.3 Å². The predicted octanol–water partition coefficient (Wildman–Crippen LogP) is 2.46. The maximum Gasteiger partial charge on any atom is 0.223 e. The van der Waals surface area contributed by atoms with Crippen molar-refractivity contribution < 1.29 is 4.52 Å². The first kappa shape index (κ1) is 13.0. The molecule has 0 amide bonds. The molecule has 0 spiro atoms. The Kier molecular flexibility index (Phi) is 3.36. The highest BCUT2D eigenvalue weighted by atomic mass is 32.1. The maximum atomic E-state index is 5.93. The van der Waals surface area contributed by atoms with E-state index in [0.29, 0.717) is 24.1 Å². The summed E-state index contributed by atoms with van der Waals surface area (Å²) in [7, 11) is 0. The molecule has 0 fully saturated rings. The molecule has 0 aliphatic carbocycles. The first-order valence-electron chi connectivity index (χ1n) is 5.84. The van der Waals surface area contributed by atoms with Crippen LogP contribution in [0.5, 0.6) is 0 Å². The molecule has 3 rings (SSSR count). The van der Waals surface area contributed by atoms with Crippen LogP contribution in [0, 0.1) is 13.8 Å². The Labute approximate surface area is 123 Å². The van der Waals surface area contributed by atoms with Gasteiger partial charge in [-0.3, -0.25) is 0 Å². The highest BCUT2D eigenvalue weighted by molar-refractivity contribution is 7.11. The smallest absolute Gasteiger partial charge is 0.223 e. The number of nitrogens with zero attached hydrogens (tertiary/aromatic N) is 4. The van der Waals surface area contributed by atoms with E-state index in [-0.39, 0.29) is 0 Å². The lowest BCUT2D eigenvalue weighted by Gasteiger charge is -2.02. The van der Waals surface area contributed by atoms with Crippen LogP contribution in [0.25, 0.3) is 11.3 Å². The first-order valence-corrected chi connectivity index (χ1v) is 7.49. The van der Waals surface area contributed by atoms with Crippen LogP contribution in [-0.4, -0.2) is 19.5 Å². The topological polar surface area (TPSA) is 103 Å². The molecule has 3 aromatic rings. The third-order valence-corrected chi connectivity index (χ3v) is 4.16. The van der Waals surface area contributed by atoms with Crippen molar-refractivity contribution in [1.29, 1.82) is 0 Å². The van der Waals surface area contributed by atoms with Gasteiger partial charge in [0.1, 0.15) is 10.8 Å². The van der Waals surface area contributed by atoms with Crippen LogP contribution in [0.15, 0.2) is 9.90 Å². The van der Waals surface area contributed by atoms with Gasteiger partial charge in [0.15, 0.2) is 5.82 Å². The second kappa shape index (κ2) is 5.17. The van der Waals surface area contributed by atoms with Crippen LogP contribution in [0.3, 0.4) is 0 Å². The minimum absolute atomic E-state index is 0.453. The van der Waals surface area contributed by atoms with E-state index in [2.05, 4.69) is 24.8 Å². The van der Waals surface area contributed by atoms with Crippen LogP contribution in [0.4, 0.5) is 10.8 Å². The third kappa shape index (κ3) is 2.49. The molecule has 0 aliphatic rings. The molecule has 9 heteroatoms. The van der Waals surface area contributed by atoms with Gasteiger partial charge in [0, 0.05) is 12.3 Å². The van der Waals surface area contributed by atoms with E-state index >= 15 is 0 Å². The number of nitrogens with two attached hydrogens (primary N) is 1. The molecule has 0 atom stereocenters. The summed E-state index contributed by atoms with van der Waals surface area (Å²) in [6.45, 7) is 4.17. The lowest BCUT2D eigenvalue weighted by Crippen LogP contribution is -2.01. The molecule has 0 bridgehead atoms. The van der Waals surface area contributed by atoms with Crippen LogP contribution in [0.1, 0.15) is 16.7 Å². The molecule has 0 unspecified atom stereocenters. The standard InChI is InChI=1S/C11H12N6OS2/c1-5-14-8(16-18-5)3-13-11-9(10(12)17-20-11)7-4-19-6(2)15-7/h4,13H,3H2,1-2H3,(H2,12,17). The SMILES string of the molecule is Cc1nc(CNc2snc(N)c2-c2csc(C)n2)no1. The zero-order valence-corrected chi connectivity index (χ0v) is 12.5. The predicted molar refractivity (Wildman–Crippen MR) is 78.7 cm³/mol. The highest BCUT2D eigenvalue weighted by Gasteiger charge is 2.16. The van der Waals surface area contributed by atoms with Crippen molar-refractivity contribution in [3.05, 3.63) is 22.1 Å². The van der Waals surface area contributed by atoms with Crippen molar-refractivity contribution in [3.63, 3.8) is 0 Å². The van der Waals surface area contributed by atoms with Crippen molar-refractivity contribution in [2.24, 2.45) is 0 Å². The van der Waals surface area contributed by atoms with Gasteiger partial charge in [-0.2, -0.15) is 9.36 Å². The molecule has 3 N–H and O–H groups in total. The Morgan fingerprint density at radius 2 is 2.20 bits per heavy atom. The number of thiazole rings is 1. The normalized spacial score (nSPS) is 10.9. The van der Waals surface area contributed by atoms with Crippen LogP contribution >= 0.6 is 22.9 Å². The van der Waals surface area contributed by atoms with Gasteiger partial charge in [0.25, 0.3) is 0 Å². The van der Waals surface area contributed by atoms with Gasteiger partial charge < -0.3 is 15.6 Å². The molecule has 3 heterocycles. The summed E-state index contributed by atoms with van der Waals surface area (Å²) in [6.07, 6.45) is 0. The van der Waals surface area contributed by atoms with Crippen molar-refractivity contribution in [1.82, 2.24) is 19.5 Å². The minimum atomic E-state index is 0.453. The third-order valence-electron chi connectivity index (χ3n) is 2.57. The van der Waals surface area contributed by atoms with Crippen molar-refractivity contribution in [2.45, 2.75) is 20.4 Å². The number of rotatable bonds is 4. The number of nitrogen functional groups attached to an aromatic ring is 1. The van der Waals surface area contributed by atoms with Crippen LogP contribution < -0.4 is 11.1 Å². The van der Waals surface area contributed by atoms with Gasteiger partial charge in [-0.25, -0.2) is 4.98 Å². The van der Waals surface area contributed by atoms with Gasteiger partial charge in [0.05, 0.1) is 22.8 Å². The van der Waals surface area contributed by atoms with E-state index < -0.39 is 0 Å². The summed E-state index contributed by atoms with van der Waals surface area (Å²) < 4.78 is 9.10. The summed E-state index contributed by atoms with van der Waals surface area (Å²) in [5, 5.41) is 10.9. The molecule has 104 valence electrons. The van der Waals surface area contributed by atoms with E-state index in [0.717, 1.165) is 21.3 Å². The molecule has 0 saturated carbocycles. The molecule has 20 heavy (non-hydrogen) atoms. The van der Waals surface area contributed by atoms with Crippen molar-refractivity contribution in [3.8, 4) is 11.3 Å². The average Bonchev–Trinajstić information content (AvgIpc) is 3.09. The zero-order chi connectivity index (χ0) is 14.1.